The molecule has 0 aromatic carbocycles. The van der Waals surface area contributed by atoms with Gasteiger partial charge in [0.15, 0.2) is 18.5 Å². The highest BCUT2D eigenvalue weighted by atomic mass is 16.7. The van der Waals surface area contributed by atoms with Crippen LogP contribution in [-0.4, -0.2) is 148 Å². The van der Waals surface area contributed by atoms with Crippen LogP contribution in [0.5, 0.6) is 0 Å². The van der Waals surface area contributed by atoms with Crippen LogP contribution in [0.2, 0.25) is 0 Å². The molecule has 9 unspecified atom stereocenters. The van der Waals surface area contributed by atoms with Gasteiger partial charge in [-0.3, -0.25) is 4.79 Å². The van der Waals surface area contributed by atoms with Crippen molar-refractivity contribution in [2.45, 2.75) is 112 Å². The number of methoxy groups -OCH3 is 2. The normalized spacial score (nSPS) is 49.2. The van der Waals surface area contributed by atoms with Gasteiger partial charge in [0.2, 0.25) is 0 Å². The van der Waals surface area contributed by atoms with Crippen LogP contribution >= 0.6 is 0 Å². The molecule has 7 N–H and O–H groups in total. The summed E-state index contributed by atoms with van der Waals surface area (Å²) in [5.74, 6) is -3.09. The van der Waals surface area contributed by atoms with E-state index in [-0.39, 0.29) is 24.3 Å². The minimum atomic E-state index is -1.74. The number of rotatable bonds is 7. The summed E-state index contributed by atoms with van der Waals surface area (Å²) in [5, 5.41) is 63.7. The van der Waals surface area contributed by atoms with Crippen LogP contribution in [-0.2, 0) is 38.0 Å². The summed E-state index contributed by atoms with van der Waals surface area (Å²) in [4.78, 5) is 24.5. The molecule has 5 aliphatic rings. The molecule has 43 heavy (non-hydrogen) atoms. The molecule has 5 fully saturated rings. The van der Waals surface area contributed by atoms with Crippen molar-refractivity contribution >= 4 is 11.9 Å². The molecular formula is C28H43O15+. The molecule has 0 radical (unpaired) electrons. The van der Waals surface area contributed by atoms with E-state index in [1.54, 1.807) is 0 Å². The van der Waals surface area contributed by atoms with Gasteiger partial charge in [-0.15, -0.1) is 0 Å². The van der Waals surface area contributed by atoms with E-state index < -0.39 is 110 Å². The Labute approximate surface area is 248 Å². The van der Waals surface area contributed by atoms with Gasteiger partial charge in [-0.25, -0.2) is 4.79 Å². The largest absolute Gasteiger partial charge is 0.515 e. The highest BCUT2D eigenvalue weighted by molar-refractivity contribution is 5.90. The van der Waals surface area contributed by atoms with Crippen molar-refractivity contribution in [1.82, 2.24) is 0 Å². The lowest BCUT2D eigenvalue weighted by Gasteiger charge is -2.54. The van der Waals surface area contributed by atoms with E-state index in [1.807, 2.05) is 0 Å². The summed E-state index contributed by atoms with van der Waals surface area (Å²) in [6.45, 7) is 0.746. The average Bonchev–Trinajstić information content (AvgIpc) is 2.97. The molecule has 5 rings (SSSR count). The Hall–Kier alpha value is -1.92. The van der Waals surface area contributed by atoms with Gasteiger partial charge in [-0.05, 0) is 12.8 Å². The zero-order valence-electron chi connectivity index (χ0n) is 24.2. The minimum Gasteiger partial charge on any atom is -0.515 e. The lowest BCUT2D eigenvalue weighted by molar-refractivity contribution is -0.369. The third-order valence-corrected chi connectivity index (χ3v) is 9.68. The monoisotopic (exact) mass is 619 g/mol. The Morgan fingerprint density at radius 3 is 2.26 bits per heavy atom. The molecule has 0 bridgehead atoms. The Bertz CT molecular complexity index is 1020. The van der Waals surface area contributed by atoms with Crippen molar-refractivity contribution in [2.24, 2.45) is 17.8 Å². The Kier molecular flexibility index (Phi) is 9.97. The number of carbonyl (C=O) groups excluding carboxylic acids is 2. The molecule has 2 aliphatic carbocycles. The molecule has 3 heterocycles. The fourth-order valence-electron chi connectivity index (χ4n) is 7.60. The maximum atomic E-state index is 13.1. The van der Waals surface area contributed by atoms with Gasteiger partial charge < -0.3 is 63.8 Å². The third-order valence-electron chi connectivity index (χ3n) is 9.68. The van der Waals surface area contributed by atoms with Crippen molar-refractivity contribution in [2.75, 3.05) is 20.8 Å². The molecule has 0 aromatic rings. The van der Waals surface area contributed by atoms with Crippen molar-refractivity contribution in [1.29, 1.82) is 0 Å². The molecule has 14 atom stereocenters. The van der Waals surface area contributed by atoms with E-state index in [0.717, 1.165) is 0 Å². The van der Waals surface area contributed by atoms with Crippen LogP contribution < -0.4 is 0 Å². The standard InChI is InChI=1S/C28H42O15/c1-10(30)39-9-18-22(33)23(34)24(35)28(42-18)43-26-19-13(8-29)27(36)41-15-7-12(31)6-14(20(15)19)40-25(26)11-4-16(37-2)21(32)17(5-11)38-3/h8,11-12,14-26,28-29,31-35H,4-7,9H2,1-3H3/p+1/t11?,12?,14?,15?,16?,17?,18-,19?,20?,21?,22-,23+,24-,25?,26?,28+/m1/s1. The van der Waals surface area contributed by atoms with Gasteiger partial charge in [0.25, 0.3) is 0 Å². The Morgan fingerprint density at radius 1 is 0.977 bits per heavy atom. The summed E-state index contributed by atoms with van der Waals surface area (Å²) in [6, 6.07) is 0. The fourth-order valence-corrected chi connectivity index (χ4v) is 7.60. The van der Waals surface area contributed by atoms with Gasteiger partial charge in [0.05, 0.1) is 36.1 Å². The van der Waals surface area contributed by atoms with E-state index in [4.69, 9.17) is 33.2 Å². The first-order valence-electron chi connectivity index (χ1n) is 14.6. The molecule has 0 aromatic heterocycles. The SMILES string of the molecule is COC1CC(C2[OH+]C3CC(O)CC4OC(=O)C(=CO)C(C2O[C@@H]2O[C@H](COC(C)=O)[C@@H](O)[C@H](O)[C@H]2O)C43)CC(OC)C1O. The van der Waals surface area contributed by atoms with Crippen molar-refractivity contribution in [3.8, 4) is 0 Å². The second-order valence-corrected chi connectivity index (χ2v) is 12.2. The summed E-state index contributed by atoms with van der Waals surface area (Å²) in [7, 11) is 2.94. The number of ether oxygens (including phenoxy) is 7. The molecule has 3 aliphatic heterocycles. The first-order chi connectivity index (χ1) is 20.5. The van der Waals surface area contributed by atoms with Gasteiger partial charge in [0, 0.05) is 45.8 Å². The highest BCUT2D eigenvalue weighted by Crippen LogP contribution is 2.50. The minimum absolute atomic E-state index is 0.0719. The molecule has 15 heteroatoms. The van der Waals surface area contributed by atoms with Crippen molar-refractivity contribution in [3.63, 3.8) is 0 Å². The molecule has 0 spiro atoms. The maximum absolute atomic E-state index is 13.1. The van der Waals surface area contributed by atoms with E-state index in [2.05, 4.69) is 0 Å². The molecule has 15 nitrogen and oxygen atoms in total. The number of hydrogen-bond acceptors (Lipinski definition) is 14. The molecule has 3 saturated heterocycles. The second-order valence-electron chi connectivity index (χ2n) is 12.2. The number of aliphatic hydroxyl groups is 8. The van der Waals surface area contributed by atoms with Crippen LogP contribution in [0.25, 0.3) is 0 Å². The van der Waals surface area contributed by atoms with E-state index >= 15 is 0 Å². The van der Waals surface area contributed by atoms with E-state index in [0.29, 0.717) is 19.1 Å². The Balaban J connectivity index is 1.52. The fraction of sp³-hybridized carbons (Fsp3) is 0.857. The van der Waals surface area contributed by atoms with Crippen LogP contribution in [0.4, 0.5) is 0 Å². The quantitative estimate of drug-likeness (QED) is 0.0755. The summed E-state index contributed by atoms with van der Waals surface area (Å²) >= 11 is 0. The van der Waals surface area contributed by atoms with Gasteiger partial charge >= 0.3 is 11.9 Å². The topological polar surface area (TPSA) is 224 Å². The predicted octanol–water partition coefficient (Wildman–Crippen LogP) is -2.42. The van der Waals surface area contributed by atoms with Crippen LogP contribution in [0.1, 0.15) is 32.6 Å². The number of aliphatic hydroxyl groups excluding tert-OH is 6. The van der Waals surface area contributed by atoms with Crippen molar-refractivity contribution < 1.29 is 73.4 Å². The second kappa shape index (κ2) is 13.2. The zero-order chi connectivity index (χ0) is 31.2. The molecule has 2 saturated carbocycles. The molecular weight excluding hydrogens is 576 g/mol. The highest BCUT2D eigenvalue weighted by Gasteiger charge is 2.64. The smallest absolute Gasteiger partial charge is 0.337 e. The summed E-state index contributed by atoms with van der Waals surface area (Å²) in [5.41, 5.74) is -0.0719. The number of hydrogen-bond donors (Lipinski definition) is 6. The number of carbonyl (C=O) groups is 2. The maximum Gasteiger partial charge on any atom is 0.337 e. The van der Waals surface area contributed by atoms with Gasteiger partial charge in [-0.1, -0.05) is 0 Å². The lowest BCUT2D eigenvalue weighted by atomic mass is 9.63. The van der Waals surface area contributed by atoms with Gasteiger partial charge in [0.1, 0.15) is 49.3 Å². The third kappa shape index (κ3) is 6.17. The Morgan fingerprint density at radius 2 is 1.65 bits per heavy atom. The molecule has 244 valence electrons. The van der Waals surface area contributed by atoms with E-state index in [1.165, 1.54) is 21.1 Å². The van der Waals surface area contributed by atoms with Gasteiger partial charge in [-0.2, -0.15) is 0 Å². The first kappa shape index (κ1) is 32.5. The van der Waals surface area contributed by atoms with Crippen LogP contribution in [0.3, 0.4) is 0 Å². The van der Waals surface area contributed by atoms with Crippen molar-refractivity contribution in [3.05, 3.63) is 11.8 Å². The number of esters is 2. The summed E-state index contributed by atoms with van der Waals surface area (Å²) in [6.07, 6.45) is -12.0. The average molecular weight is 620 g/mol. The summed E-state index contributed by atoms with van der Waals surface area (Å²) < 4.78 is 39.1. The predicted molar refractivity (Wildman–Crippen MR) is 141 cm³/mol. The zero-order valence-corrected chi connectivity index (χ0v) is 24.2. The van der Waals surface area contributed by atoms with E-state index in [9.17, 15) is 40.2 Å². The van der Waals surface area contributed by atoms with Crippen LogP contribution in [0.15, 0.2) is 11.8 Å². The first-order valence-corrected chi connectivity index (χ1v) is 14.6. The molecule has 0 amide bonds. The lowest BCUT2D eigenvalue weighted by Crippen LogP contribution is -2.68. The van der Waals surface area contributed by atoms with Crippen LogP contribution in [0, 0.1) is 17.8 Å².